The highest BCUT2D eigenvalue weighted by molar-refractivity contribution is 5.90. The maximum absolute atomic E-state index is 13.0. The Bertz CT molecular complexity index is 1000. The van der Waals surface area contributed by atoms with Gasteiger partial charge in [-0.05, 0) is 68.9 Å². The third-order valence-electron chi connectivity index (χ3n) is 6.19. The van der Waals surface area contributed by atoms with Gasteiger partial charge in [0.1, 0.15) is 11.5 Å². The molecule has 0 unspecified atom stereocenters. The fourth-order valence-electron chi connectivity index (χ4n) is 4.31. The molecule has 0 bridgehead atoms. The zero-order chi connectivity index (χ0) is 24.0. The van der Waals surface area contributed by atoms with E-state index in [2.05, 4.69) is 10.3 Å². The van der Waals surface area contributed by atoms with Gasteiger partial charge in [0.05, 0.1) is 12.5 Å². The molecular formula is C25H32FN3O4. The molecule has 0 aliphatic carbocycles. The maximum Gasteiger partial charge on any atom is 0.355 e. The number of hydrogen-bond donors (Lipinski definition) is 2. The second kappa shape index (κ2) is 11.1. The molecule has 1 aromatic heterocycles. The SMILES string of the molecule is CCOC(=O)c1[nH]c(C)c(CCC(=O)N2CCC[C@H](C(=O)NCc3ccc(F)cc3)C2)c1C. The predicted molar refractivity (Wildman–Crippen MR) is 122 cm³/mol. The van der Waals surface area contributed by atoms with Gasteiger partial charge >= 0.3 is 5.97 Å². The smallest absolute Gasteiger partial charge is 0.355 e. The van der Waals surface area contributed by atoms with Crippen LogP contribution in [0.25, 0.3) is 0 Å². The van der Waals surface area contributed by atoms with E-state index in [1.165, 1.54) is 12.1 Å². The van der Waals surface area contributed by atoms with Crippen molar-refractivity contribution in [3.8, 4) is 0 Å². The summed E-state index contributed by atoms with van der Waals surface area (Å²) in [5, 5.41) is 2.90. The molecule has 2 heterocycles. The van der Waals surface area contributed by atoms with Crippen LogP contribution >= 0.6 is 0 Å². The van der Waals surface area contributed by atoms with Crippen molar-refractivity contribution in [3.63, 3.8) is 0 Å². The largest absolute Gasteiger partial charge is 0.461 e. The molecule has 178 valence electrons. The molecule has 8 heteroatoms. The second-order valence-electron chi connectivity index (χ2n) is 8.47. The van der Waals surface area contributed by atoms with Crippen molar-refractivity contribution in [2.24, 2.45) is 5.92 Å². The third kappa shape index (κ3) is 6.21. The second-order valence-corrected chi connectivity index (χ2v) is 8.47. The number of likely N-dealkylation sites (tertiary alicyclic amines) is 1. The highest BCUT2D eigenvalue weighted by Crippen LogP contribution is 2.22. The summed E-state index contributed by atoms with van der Waals surface area (Å²) in [5.74, 6) is -1.04. The van der Waals surface area contributed by atoms with Crippen molar-refractivity contribution in [2.75, 3.05) is 19.7 Å². The van der Waals surface area contributed by atoms with E-state index in [1.807, 2.05) is 13.8 Å². The van der Waals surface area contributed by atoms with E-state index in [4.69, 9.17) is 4.74 Å². The molecule has 0 saturated carbocycles. The number of esters is 1. The van der Waals surface area contributed by atoms with Crippen molar-refractivity contribution < 1.29 is 23.5 Å². The number of ether oxygens (including phenoxy) is 1. The average Bonchev–Trinajstić information content (AvgIpc) is 3.10. The summed E-state index contributed by atoms with van der Waals surface area (Å²) in [5.41, 5.74) is 3.90. The Labute approximate surface area is 193 Å². The Morgan fingerprint density at radius 1 is 1.21 bits per heavy atom. The van der Waals surface area contributed by atoms with E-state index in [1.54, 1.807) is 24.0 Å². The van der Waals surface area contributed by atoms with Crippen LogP contribution < -0.4 is 5.32 Å². The van der Waals surface area contributed by atoms with Crippen LogP contribution in [-0.4, -0.2) is 47.4 Å². The van der Waals surface area contributed by atoms with Gasteiger partial charge in [-0.15, -0.1) is 0 Å². The molecule has 1 atom stereocenters. The fraction of sp³-hybridized carbons (Fsp3) is 0.480. The summed E-state index contributed by atoms with van der Waals surface area (Å²) in [6.07, 6.45) is 2.34. The first-order valence-corrected chi connectivity index (χ1v) is 11.4. The number of nitrogens with one attached hydrogen (secondary N) is 2. The molecular weight excluding hydrogens is 425 g/mol. The van der Waals surface area contributed by atoms with Gasteiger partial charge in [-0.1, -0.05) is 12.1 Å². The first kappa shape index (κ1) is 24.5. The summed E-state index contributed by atoms with van der Waals surface area (Å²) in [6.45, 7) is 7.18. The molecule has 7 nitrogen and oxygen atoms in total. The molecule has 1 aliphatic rings. The van der Waals surface area contributed by atoms with Crippen LogP contribution in [0, 0.1) is 25.6 Å². The lowest BCUT2D eigenvalue weighted by atomic mass is 9.96. The van der Waals surface area contributed by atoms with E-state index in [0.717, 1.165) is 35.2 Å². The van der Waals surface area contributed by atoms with E-state index < -0.39 is 0 Å². The van der Waals surface area contributed by atoms with E-state index >= 15 is 0 Å². The molecule has 2 aromatic rings. The number of carbonyl (C=O) groups excluding carboxylic acids is 3. The number of rotatable bonds is 8. The number of amides is 2. The Balaban J connectivity index is 1.53. The van der Waals surface area contributed by atoms with Crippen LogP contribution in [-0.2, 0) is 27.3 Å². The van der Waals surface area contributed by atoms with Gasteiger partial charge < -0.3 is 19.9 Å². The van der Waals surface area contributed by atoms with E-state index in [9.17, 15) is 18.8 Å². The molecule has 1 aliphatic heterocycles. The van der Waals surface area contributed by atoms with Crippen LogP contribution in [0.4, 0.5) is 4.39 Å². The summed E-state index contributed by atoms with van der Waals surface area (Å²) >= 11 is 0. The highest BCUT2D eigenvalue weighted by atomic mass is 19.1. The number of carbonyl (C=O) groups is 3. The number of aromatic nitrogens is 1. The number of benzene rings is 1. The number of aromatic amines is 1. The number of hydrogen-bond acceptors (Lipinski definition) is 4. The number of H-pyrrole nitrogens is 1. The van der Waals surface area contributed by atoms with Crippen molar-refractivity contribution in [2.45, 2.75) is 53.0 Å². The Hall–Kier alpha value is -3.16. The first-order valence-electron chi connectivity index (χ1n) is 11.4. The highest BCUT2D eigenvalue weighted by Gasteiger charge is 2.28. The summed E-state index contributed by atoms with van der Waals surface area (Å²) < 4.78 is 18.1. The van der Waals surface area contributed by atoms with Gasteiger partial charge in [-0.25, -0.2) is 9.18 Å². The van der Waals surface area contributed by atoms with Crippen molar-refractivity contribution >= 4 is 17.8 Å². The lowest BCUT2D eigenvalue weighted by Crippen LogP contribution is -2.45. The normalized spacial score (nSPS) is 15.9. The lowest BCUT2D eigenvalue weighted by Gasteiger charge is -2.32. The molecule has 3 rings (SSSR count). The minimum absolute atomic E-state index is 0.00344. The van der Waals surface area contributed by atoms with Gasteiger partial charge in [0.25, 0.3) is 0 Å². The van der Waals surface area contributed by atoms with Crippen LogP contribution in [0.1, 0.15) is 59.1 Å². The van der Waals surface area contributed by atoms with Crippen LogP contribution in [0.3, 0.4) is 0 Å². The van der Waals surface area contributed by atoms with Gasteiger partial charge in [0, 0.05) is 31.7 Å². The van der Waals surface area contributed by atoms with Crippen molar-refractivity contribution in [1.82, 2.24) is 15.2 Å². The van der Waals surface area contributed by atoms with Gasteiger partial charge in [-0.2, -0.15) is 0 Å². The molecule has 0 spiro atoms. The van der Waals surface area contributed by atoms with Gasteiger partial charge in [0.15, 0.2) is 0 Å². The van der Waals surface area contributed by atoms with Crippen molar-refractivity contribution in [3.05, 3.63) is 58.2 Å². The van der Waals surface area contributed by atoms with Crippen LogP contribution in [0.15, 0.2) is 24.3 Å². The molecule has 33 heavy (non-hydrogen) atoms. The fourth-order valence-corrected chi connectivity index (χ4v) is 4.31. The van der Waals surface area contributed by atoms with E-state index in [-0.39, 0.29) is 29.5 Å². The van der Waals surface area contributed by atoms with Gasteiger partial charge in [-0.3, -0.25) is 9.59 Å². The summed E-state index contributed by atoms with van der Waals surface area (Å²) in [6, 6.07) is 6.02. The first-order chi connectivity index (χ1) is 15.8. The molecule has 1 aromatic carbocycles. The number of piperidine rings is 1. The van der Waals surface area contributed by atoms with Gasteiger partial charge in [0.2, 0.25) is 11.8 Å². The molecule has 1 saturated heterocycles. The minimum Gasteiger partial charge on any atom is -0.461 e. The molecule has 2 amide bonds. The Morgan fingerprint density at radius 2 is 1.94 bits per heavy atom. The zero-order valence-corrected chi connectivity index (χ0v) is 19.5. The maximum atomic E-state index is 13.0. The quantitative estimate of drug-likeness (QED) is 0.594. The Morgan fingerprint density at radius 3 is 2.64 bits per heavy atom. The summed E-state index contributed by atoms with van der Waals surface area (Å²) in [7, 11) is 0. The average molecular weight is 458 g/mol. The minimum atomic E-state index is -0.388. The lowest BCUT2D eigenvalue weighted by molar-refractivity contribution is -0.135. The van der Waals surface area contributed by atoms with E-state index in [0.29, 0.717) is 44.8 Å². The molecule has 2 N–H and O–H groups in total. The van der Waals surface area contributed by atoms with Crippen LogP contribution in [0.5, 0.6) is 0 Å². The number of nitrogens with zero attached hydrogens (tertiary/aromatic N) is 1. The van der Waals surface area contributed by atoms with Crippen LogP contribution in [0.2, 0.25) is 0 Å². The number of halogens is 1. The third-order valence-corrected chi connectivity index (χ3v) is 6.19. The molecule has 1 fully saturated rings. The summed E-state index contributed by atoms with van der Waals surface area (Å²) in [4.78, 5) is 42.4. The number of aryl methyl sites for hydroxylation is 1. The predicted octanol–water partition coefficient (Wildman–Crippen LogP) is 3.43. The Kier molecular flexibility index (Phi) is 8.25. The topological polar surface area (TPSA) is 91.5 Å². The zero-order valence-electron chi connectivity index (χ0n) is 19.5. The standard InChI is InChI=1S/C25H32FN3O4/c1-4-33-25(32)23-16(2)21(17(3)28-23)11-12-22(30)29-13-5-6-19(15-29)24(31)27-14-18-7-9-20(26)10-8-18/h7-10,19,28H,4-6,11-15H2,1-3H3,(H,27,31)/t19-/m0/s1. The monoisotopic (exact) mass is 457 g/mol. The molecule has 0 radical (unpaired) electrons. The van der Waals surface area contributed by atoms with Crippen molar-refractivity contribution in [1.29, 1.82) is 0 Å².